The van der Waals surface area contributed by atoms with E-state index in [2.05, 4.69) is 38.9 Å². The second-order valence-electron chi connectivity index (χ2n) is 5.54. The van der Waals surface area contributed by atoms with Gasteiger partial charge in [-0.15, -0.1) is 0 Å². The highest BCUT2D eigenvalue weighted by Gasteiger charge is 2.19. The van der Waals surface area contributed by atoms with Crippen LogP contribution < -0.4 is 5.32 Å². The van der Waals surface area contributed by atoms with E-state index in [1.54, 1.807) is 0 Å². The van der Waals surface area contributed by atoms with Crippen LogP contribution in [0.2, 0.25) is 0 Å². The molecule has 5 nitrogen and oxygen atoms in total. The first kappa shape index (κ1) is 15.9. The monoisotopic (exact) mass is 300 g/mol. The van der Waals surface area contributed by atoms with Crippen molar-refractivity contribution >= 4 is 17.7 Å². The van der Waals surface area contributed by atoms with E-state index in [-0.39, 0.29) is 0 Å². The van der Waals surface area contributed by atoms with Crippen molar-refractivity contribution in [1.29, 1.82) is 0 Å². The summed E-state index contributed by atoms with van der Waals surface area (Å²) < 4.78 is 5.44. The molecule has 0 amide bonds. The van der Waals surface area contributed by atoms with Gasteiger partial charge in [0, 0.05) is 70.8 Å². The molecule has 0 saturated carbocycles. The summed E-state index contributed by atoms with van der Waals surface area (Å²) in [6, 6.07) is 0. The summed E-state index contributed by atoms with van der Waals surface area (Å²) >= 11 is 2.06. The van der Waals surface area contributed by atoms with Crippen molar-refractivity contribution in [2.24, 2.45) is 10.9 Å². The fourth-order valence-corrected chi connectivity index (χ4v) is 3.72. The van der Waals surface area contributed by atoms with Gasteiger partial charge in [0.2, 0.25) is 0 Å². The molecule has 2 aliphatic rings. The molecule has 1 N–H and O–H groups in total. The van der Waals surface area contributed by atoms with Crippen molar-refractivity contribution in [2.75, 3.05) is 71.5 Å². The number of hydrogen-bond donors (Lipinski definition) is 1. The van der Waals surface area contributed by atoms with Gasteiger partial charge in [-0.3, -0.25) is 9.89 Å². The summed E-state index contributed by atoms with van der Waals surface area (Å²) in [5.74, 6) is 4.20. The summed E-state index contributed by atoms with van der Waals surface area (Å²) in [5, 5.41) is 3.48. The Morgan fingerprint density at radius 1 is 1.45 bits per heavy atom. The second kappa shape index (κ2) is 8.74. The minimum atomic E-state index is 0.651. The zero-order valence-electron chi connectivity index (χ0n) is 12.8. The number of nitrogens with zero attached hydrogens (tertiary/aromatic N) is 3. The molecular formula is C14H28N4OS. The van der Waals surface area contributed by atoms with Crippen molar-refractivity contribution in [3.8, 4) is 0 Å². The summed E-state index contributed by atoms with van der Waals surface area (Å²) in [5.41, 5.74) is 0. The highest BCUT2D eigenvalue weighted by Crippen LogP contribution is 2.13. The molecule has 2 fully saturated rings. The molecule has 1 unspecified atom stereocenters. The molecule has 6 heteroatoms. The summed E-state index contributed by atoms with van der Waals surface area (Å²) in [4.78, 5) is 9.14. The first-order chi connectivity index (χ1) is 9.79. The first-order valence-electron chi connectivity index (χ1n) is 7.59. The molecule has 0 aromatic rings. The lowest BCUT2D eigenvalue weighted by molar-refractivity contribution is 0.181. The van der Waals surface area contributed by atoms with Crippen LogP contribution in [0, 0.1) is 5.92 Å². The number of rotatable bonds is 5. The predicted octanol–water partition coefficient (Wildman–Crippen LogP) is 0.579. The molecule has 0 bridgehead atoms. The lowest BCUT2D eigenvalue weighted by atomic mass is 10.1. The third-order valence-electron chi connectivity index (χ3n) is 3.94. The smallest absolute Gasteiger partial charge is 0.193 e. The average Bonchev–Trinajstić information content (AvgIpc) is 2.97. The molecular weight excluding hydrogens is 272 g/mol. The summed E-state index contributed by atoms with van der Waals surface area (Å²) in [6.45, 7) is 7.37. The average molecular weight is 300 g/mol. The minimum Gasteiger partial charge on any atom is -0.381 e. The van der Waals surface area contributed by atoms with Crippen molar-refractivity contribution in [3.63, 3.8) is 0 Å². The van der Waals surface area contributed by atoms with E-state index in [9.17, 15) is 0 Å². The quantitative estimate of drug-likeness (QED) is 0.594. The third kappa shape index (κ3) is 5.14. The maximum Gasteiger partial charge on any atom is 0.193 e. The topological polar surface area (TPSA) is 40.1 Å². The van der Waals surface area contributed by atoms with Gasteiger partial charge in [0.1, 0.15) is 0 Å². The van der Waals surface area contributed by atoms with Gasteiger partial charge in [-0.1, -0.05) is 0 Å². The lowest BCUT2D eigenvalue weighted by Gasteiger charge is -2.28. The van der Waals surface area contributed by atoms with Gasteiger partial charge in [-0.2, -0.15) is 11.8 Å². The Labute approximate surface area is 127 Å². The van der Waals surface area contributed by atoms with Gasteiger partial charge in [-0.05, 0) is 6.42 Å². The molecule has 1 atom stereocenters. The Morgan fingerprint density at radius 2 is 2.25 bits per heavy atom. The van der Waals surface area contributed by atoms with E-state index in [4.69, 9.17) is 4.74 Å². The van der Waals surface area contributed by atoms with Gasteiger partial charge in [-0.25, -0.2) is 0 Å². The fourth-order valence-electron chi connectivity index (χ4n) is 2.74. The van der Waals surface area contributed by atoms with E-state index in [0.29, 0.717) is 5.92 Å². The standard InChI is InChI=1S/C14H28N4OS/c1-15-14(17(2)11-13-3-8-19-12-13)16-4-5-18-6-9-20-10-7-18/h13H,3-12H2,1-2H3,(H,15,16). The van der Waals surface area contributed by atoms with E-state index in [1.807, 2.05) is 7.05 Å². The molecule has 2 aliphatic heterocycles. The minimum absolute atomic E-state index is 0.651. The molecule has 0 aliphatic carbocycles. The second-order valence-corrected chi connectivity index (χ2v) is 6.76. The Balaban J connectivity index is 1.65. The molecule has 2 heterocycles. The van der Waals surface area contributed by atoms with Crippen LogP contribution in [0.1, 0.15) is 6.42 Å². The number of hydrogen-bond acceptors (Lipinski definition) is 4. The highest BCUT2D eigenvalue weighted by atomic mass is 32.2. The number of ether oxygens (including phenoxy) is 1. The summed E-state index contributed by atoms with van der Waals surface area (Å²) in [6.07, 6.45) is 1.17. The Morgan fingerprint density at radius 3 is 2.90 bits per heavy atom. The van der Waals surface area contributed by atoms with E-state index >= 15 is 0 Å². The molecule has 2 saturated heterocycles. The van der Waals surface area contributed by atoms with Crippen LogP contribution in [-0.2, 0) is 4.74 Å². The highest BCUT2D eigenvalue weighted by molar-refractivity contribution is 7.99. The van der Waals surface area contributed by atoms with Crippen LogP contribution in [0.4, 0.5) is 0 Å². The zero-order valence-corrected chi connectivity index (χ0v) is 13.6. The Kier molecular flexibility index (Phi) is 6.96. The largest absolute Gasteiger partial charge is 0.381 e. The van der Waals surface area contributed by atoms with Gasteiger partial charge in [0.15, 0.2) is 5.96 Å². The molecule has 20 heavy (non-hydrogen) atoms. The van der Waals surface area contributed by atoms with E-state index in [0.717, 1.165) is 38.8 Å². The van der Waals surface area contributed by atoms with Crippen LogP contribution in [0.5, 0.6) is 0 Å². The molecule has 0 spiro atoms. The van der Waals surface area contributed by atoms with Crippen molar-refractivity contribution < 1.29 is 4.74 Å². The van der Waals surface area contributed by atoms with Gasteiger partial charge >= 0.3 is 0 Å². The van der Waals surface area contributed by atoms with Crippen LogP contribution >= 0.6 is 11.8 Å². The van der Waals surface area contributed by atoms with Crippen molar-refractivity contribution in [1.82, 2.24) is 15.1 Å². The van der Waals surface area contributed by atoms with Crippen molar-refractivity contribution in [2.45, 2.75) is 6.42 Å². The number of guanidine groups is 1. The van der Waals surface area contributed by atoms with Gasteiger partial charge in [0.05, 0.1) is 6.61 Å². The van der Waals surface area contributed by atoms with Gasteiger partial charge < -0.3 is 15.0 Å². The first-order valence-corrected chi connectivity index (χ1v) is 8.74. The molecule has 0 radical (unpaired) electrons. The van der Waals surface area contributed by atoms with Crippen LogP contribution in [0.3, 0.4) is 0 Å². The van der Waals surface area contributed by atoms with Crippen LogP contribution in [-0.4, -0.2) is 87.3 Å². The Bertz CT molecular complexity index is 302. The number of nitrogens with one attached hydrogen (secondary N) is 1. The lowest BCUT2D eigenvalue weighted by Crippen LogP contribution is -2.45. The molecule has 0 aromatic carbocycles. The third-order valence-corrected chi connectivity index (χ3v) is 4.89. The number of thioether (sulfide) groups is 1. The fraction of sp³-hybridized carbons (Fsp3) is 0.929. The summed E-state index contributed by atoms with van der Waals surface area (Å²) in [7, 11) is 3.98. The van der Waals surface area contributed by atoms with Crippen LogP contribution in [0.25, 0.3) is 0 Å². The molecule has 2 rings (SSSR count). The van der Waals surface area contributed by atoms with Gasteiger partial charge in [0.25, 0.3) is 0 Å². The van der Waals surface area contributed by atoms with E-state index in [1.165, 1.54) is 31.0 Å². The maximum absolute atomic E-state index is 5.44. The normalized spacial score (nSPS) is 24.9. The zero-order chi connectivity index (χ0) is 14.2. The van der Waals surface area contributed by atoms with Crippen LogP contribution in [0.15, 0.2) is 4.99 Å². The number of aliphatic imine (C=N–C) groups is 1. The molecule has 116 valence electrons. The molecule has 0 aromatic heterocycles. The predicted molar refractivity (Wildman–Crippen MR) is 86.7 cm³/mol. The van der Waals surface area contributed by atoms with Crippen molar-refractivity contribution in [3.05, 3.63) is 0 Å². The SMILES string of the molecule is CN=C(NCCN1CCSCC1)N(C)CC1CCOC1. The van der Waals surface area contributed by atoms with E-state index < -0.39 is 0 Å². The maximum atomic E-state index is 5.44. The Hall–Kier alpha value is -0.460.